The normalized spacial score (nSPS) is 10.0. The van der Waals surface area contributed by atoms with Crippen molar-refractivity contribution < 1.29 is 24.1 Å². The third-order valence-corrected chi connectivity index (χ3v) is 2.99. The summed E-state index contributed by atoms with van der Waals surface area (Å²) in [7, 11) is 3.04. The molecule has 2 aromatic rings. The number of ether oxygens (including phenoxy) is 3. The van der Waals surface area contributed by atoms with E-state index in [0.717, 1.165) is 5.56 Å². The summed E-state index contributed by atoms with van der Waals surface area (Å²) in [6, 6.07) is 12.1. The largest absolute Gasteiger partial charge is 0.496 e. The van der Waals surface area contributed by atoms with Gasteiger partial charge in [-0.2, -0.15) is 0 Å². The van der Waals surface area contributed by atoms with Gasteiger partial charge < -0.3 is 19.3 Å². The lowest BCUT2D eigenvalue weighted by atomic mass is 10.1. The fourth-order valence-electron chi connectivity index (χ4n) is 1.97. The molecule has 0 aliphatic rings. The van der Waals surface area contributed by atoms with Gasteiger partial charge in [0.25, 0.3) is 0 Å². The number of hydrogen-bond donors (Lipinski definition) is 1. The lowest BCUT2D eigenvalue weighted by molar-refractivity contribution is 0.0691. The first kappa shape index (κ1) is 14.7. The SMILES string of the molecule is COc1ccccc1COc1c(OC)cccc1C(=O)O. The number of hydrogen-bond acceptors (Lipinski definition) is 4. The van der Waals surface area contributed by atoms with Gasteiger partial charge in [-0.05, 0) is 18.2 Å². The van der Waals surface area contributed by atoms with Crippen molar-refractivity contribution in [2.45, 2.75) is 6.61 Å². The van der Waals surface area contributed by atoms with Crippen LogP contribution in [0.4, 0.5) is 0 Å². The van der Waals surface area contributed by atoms with Crippen molar-refractivity contribution in [3.63, 3.8) is 0 Å². The molecule has 0 saturated carbocycles. The zero-order chi connectivity index (χ0) is 15.2. The molecule has 0 aliphatic heterocycles. The van der Waals surface area contributed by atoms with E-state index in [4.69, 9.17) is 14.2 Å². The monoisotopic (exact) mass is 288 g/mol. The minimum atomic E-state index is -1.07. The zero-order valence-electron chi connectivity index (χ0n) is 11.8. The van der Waals surface area contributed by atoms with E-state index in [1.54, 1.807) is 19.2 Å². The van der Waals surface area contributed by atoms with Crippen molar-refractivity contribution >= 4 is 5.97 Å². The van der Waals surface area contributed by atoms with Gasteiger partial charge in [0.15, 0.2) is 11.5 Å². The highest BCUT2D eigenvalue weighted by atomic mass is 16.5. The summed E-state index contributed by atoms with van der Waals surface area (Å²) in [4.78, 5) is 11.3. The molecule has 110 valence electrons. The van der Waals surface area contributed by atoms with Gasteiger partial charge in [0.05, 0.1) is 14.2 Å². The Hall–Kier alpha value is -2.69. The molecule has 0 aliphatic carbocycles. The van der Waals surface area contributed by atoms with Crippen LogP contribution >= 0.6 is 0 Å². The summed E-state index contributed by atoms with van der Waals surface area (Å²) in [5, 5.41) is 9.22. The van der Waals surface area contributed by atoms with Gasteiger partial charge in [-0.1, -0.05) is 24.3 Å². The van der Waals surface area contributed by atoms with Crippen LogP contribution in [0.5, 0.6) is 17.2 Å². The summed E-state index contributed by atoms with van der Waals surface area (Å²) < 4.78 is 16.1. The molecule has 2 aromatic carbocycles. The molecule has 0 radical (unpaired) electrons. The highest BCUT2D eigenvalue weighted by Gasteiger charge is 2.16. The van der Waals surface area contributed by atoms with Crippen LogP contribution in [0, 0.1) is 0 Å². The Morgan fingerprint density at radius 2 is 1.67 bits per heavy atom. The number of para-hydroxylation sites is 2. The molecule has 2 rings (SSSR count). The highest BCUT2D eigenvalue weighted by Crippen LogP contribution is 2.32. The van der Waals surface area contributed by atoms with E-state index >= 15 is 0 Å². The Balaban J connectivity index is 2.29. The van der Waals surface area contributed by atoms with Crippen LogP contribution in [0.2, 0.25) is 0 Å². The molecule has 0 heterocycles. The number of aromatic carboxylic acids is 1. The van der Waals surface area contributed by atoms with Crippen molar-refractivity contribution in [2.24, 2.45) is 0 Å². The average molecular weight is 288 g/mol. The Morgan fingerprint density at radius 3 is 2.33 bits per heavy atom. The quantitative estimate of drug-likeness (QED) is 0.885. The van der Waals surface area contributed by atoms with Gasteiger partial charge in [-0.3, -0.25) is 0 Å². The molecule has 0 saturated heterocycles. The van der Waals surface area contributed by atoms with Crippen LogP contribution < -0.4 is 14.2 Å². The van der Waals surface area contributed by atoms with Crippen molar-refractivity contribution in [3.8, 4) is 17.2 Å². The molecule has 1 N–H and O–H groups in total. The second-order valence-electron chi connectivity index (χ2n) is 4.24. The molecule has 0 spiro atoms. The predicted molar refractivity (Wildman–Crippen MR) is 77.3 cm³/mol. The molecule has 5 nitrogen and oxygen atoms in total. The zero-order valence-corrected chi connectivity index (χ0v) is 11.8. The van der Waals surface area contributed by atoms with E-state index in [-0.39, 0.29) is 17.9 Å². The number of carbonyl (C=O) groups is 1. The number of methoxy groups -OCH3 is 2. The topological polar surface area (TPSA) is 65.0 Å². The minimum absolute atomic E-state index is 0.0595. The lowest BCUT2D eigenvalue weighted by Gasteiger charge is -2.14. The van der Waals surface area contributed by atoms with E-state index in [1.165, 1.54) is 13.2 Å². The molecule has 0 unspecified atom stereocenters. The predicted octanol–water partition coefficient (Wildman–Crippen LogP) is 2.98. The van der Waals surface area contributed by atoms with Gasteiger partial charge in [0.1, 0.15) is 17.9 Å². The second kappa shape index (κ2) is 6.65. The fraction of sp³-hybridized carbons (Fsp3) is 0.188. The van der Waals surface area contributed by atoms with E-state index < -0.39 is 5.97 Å². The summed E-state index contributed by atoms with van der Waals surface area (Å²) in [6.07, 6.45) is 0. The first-order valence-corrected chi connectivity index (χ1v) is 6.32. The van der Waals surface area contributed by atoms with E-state index in [9.17, 15) is 9.90 Å². The molecule has 0 amide bonds. The van der Waals surface area contributed by atoms with E-state index in [0.29, 0.717) is 11.5 Å². The summed E-state index contributed by atoms with van der Waals surface area (Å²) in [6.45, 7) is 0.185. The number of carboxylic acid groups (broad SMARTS) is 1. The van der Waals surface area contributed by atoms with Crippen molar-refractivity contribution in [1.29, 1.82) is 0 Å². The van der Waals surface area contributed by atoms with Crippen LogP contribution in [0.25, 0.3) is 0 Å². The smallest absolute Gasteiger partial charge is 0.339 e. The van der Waals surface area contributed by atoms with Gasteiger partial charge in [-0.25, -0.2) is 4.79 Å². The number of benzene rings is 2. The number of carboxylic acids is 1. The standard InChI is InChI=1S/C16H16O5/c1-19-13-8-4-3-6-11(13)10-21-15-12(16(17)18)7-5-9-14(15)20-2/h3-9H,10H2,1-2H3,(H,17,18). The highest BCUT2D eigenvalue weighted by molar-refractivity contribution is 5.92. The van der Waals surface area contributed by atoms with Crippen LogP contribution in [-0.2, 0) is 6.61 Å². The van der Waals surface area contributed by atoms with Crippen LogP contribution in [-0.4, -0.2) is 25.3 Å². The molecular weight excluding hydrogens is 272 g/mol. The minimum Gasteiger partial charge on any atom is -0.496 e. The molecular formula is C16H16O5. The molecule has 0 bridgehead atoms. The molecule has 0 atom stereocenters. The van der Waals surface area contributed by atoms with Gasteiger partial charge in [0.2, 0.25) is 0 Å². The summed E-state index contributed by atoms with van der Waals surface area (Å²) in [5.74, 6) is 0.205. The maximum absolute atomic E-state index is 11.3. The van der Waals surface area contributed by atoms with Gasteiger partial charge >= 0.3 is 5.97 Å². The summed E-state index contributed by atoms with van der Waals surface area (Å²) >= 11 is 0. The molecule has 5 heteroatoms. The third-order valence-electron chi connectivity index (χ3n) is 2.99. The molecule has 0 fully saturated rings. The average Bonchev–Trinajstić information content (AvgIpc) is 2.52. The van der Waals surface area contributed by atoms with Gasteiger partial charge in [0, 0.05) is 5.56 Å². The third kappa shape index (κ3) is 3.25. The Labute approximate surface area is 122 Å². The van der Waals surface area contributed by atoms with E-state index in [1.807, 2.05) is 24.3 Å². The van der Waals surface area contributed by atoms with Crippen LogP contribution in [0.1, 0.15) is 15.9 Å². The maximum Gasteiger partial charge on any atom is 0.339 e. The first-order chi connectivity index (χ1) is 10.2. The first-order valence-electron chi connectivity index (χ1n) is 6.32. The Kier molecular flexibility index (Phi) is 4.66. The molecule has 21 heavy (non-hydrogen) atoms. The van der Waals surface area contributed by atoms with E-state index in [2.05, 4.69) is 0 Å². The number of rotatable bonds is 6. The lowest BCUT2D eigenvalue weighted by Crippen LogP contribution is -2.05. The van der Waals surface area contributed by atoms with Crippen molar-refractivity contribution in [3.05, 3.63) is 53.6 Å². The van der Waals surface area contributed by atoms with Crippen molar-refractivity contribution in [1.82, 2.24) is 0 Å². The van der Waals surface area contributed by atoms with Crippen LogP contribution in [0.3, 0.4) is 0 Å². The fourth-order valence-corrected chi connectivity index (χ4v) is 1.97. The Morgan fingerprint density at radius 1 is 1.00 bits per heavy atom. The Bertz CT molecular complexity index is 636. The second-order valence-corrected chi connectivity index (χ2v) is 4.24. The van der Waals surface area contributed by atoms with Crippen LogP contribution in [0.15, 0.2) is 42.5 Å². The van der Waals surface area contributed by atoms with Gasteiger partial charge in [-0.15, -0.1) is 0 Å². The maximum atomic E-state index is 11.3. The summed E-state index contributed by atoms with van der Waals surface area (Å²) in [5.41, 5.74) is 0.881. The molecule has 0 aromatic heterocycles. The van der Waals surface area contributed by atoms with Crippen molar-refractivity contribution in [2.75, 3.05) is 14.2 Å².